The topological polar surface area (TPSA) is 32.3 Å². The molecule has 1 rings (SSSR count). The molecule has 0 radical (unpaired) electrons. The first-order valence-electron chi connectivity index (χ1n) is 5.42. The van der Waals surface area contributed by atoms with Gasteiger partial charge in [-0.2, -0.15) is 0 Å². The Morgan fingerprint density at radius 3 is 2.93 bits per heavy atom. The Hall–Kier alpha value is -0.0500. The fraction of sp³-hybridized carbons (Fsp3) is 0.818. The lowest BCUT2D eigenvalue weighted by Gasteiger charge is -2.25. The van der Waals surface area contributed by atoms with E-state index in [0.29, 0.717) is 11.8 Å². The van der Waals surface area contributed by atoms with Crippen LogP contribution in [0.4, 0.5) is 0 Å². The highest BCUT2D eigenvalue weighted by Crippen LogP contribution is 2.23. The fourth-order valence-corrected chi connectivity index (χ4v) is 2.09. The third kappa shape index (κ3) is 4.99. The molecule has 0 aromatic rings. The Morgan fingerprint density at radius 1 is 1.36 bits per heavy atom. The lowest BCUT2D eigenvalue weighted by Crippen LogP contribution is -2.29. The second-order valence-electron chi connectivity index (χ2n) is 3.97. The zero-order chi connectivity index (χ0) is 10.2. The van der Waals surface area contributed by atoms with Gasteiger partial charge in [-0.05, 0) is 31.7 Å². The van der Waals surface area contributed by atoms with E-state index < -0.39 is 0 Å². The van der Waals surface area contributed by atoms with Gasteiger partial charge in [0.15, 0.2) is 0 Å². The molecule has 0 bridgehead atoms. The molecule has 0 spiro atoms. The first kappa shape index (κ1) is 12.0. The van der Waals surface area contributed by atoms with Gasteiger partial charge >= 0.3 is 0 Å². The predicted octanol–water partition coefficient (Wildman–Crippen LogP) is 1.92. The molecule has 0 aromatic carbocycles. The molecular formula is C11H20ClNO. The van der Waals surface area contributed by atoms with E-state index in [1.165, 1.54) is 12.8 Å². The quantitative estimate of drug-likeness (QED) is 0.419. The Bertz CT molecular complexity index is 173. The molecule has 82 valence electrons. The standard InChI is InChI=1S/C11H20ClNO/c12-6-1-2-7-13-9-10-4-3-5-11(14)8-10/h1-2,10-11,13-14H,3-9H2/b2-1+. The van der Waals surface area contributed by atoms with E-state index in [1.807, 2.05) is 12.2 Å². The number of rotatable bonds is 5. The monoisotopic (exact) mass is 217 g/mol. The minimum Gasteiger partial charge on any atom is -0.393 e. The van der Waals surface area contributed by atoms with Crippen LogP contribution in [0.3, 0.4) is 0 Å². The van der Waals surface area contributed by atoms with Crippen molar-refractivity contribution in [3.05, 3.63) is 12.2 Å². The average Bonchev–Trinajstić information content (AvgIpc) is 2.18. The SMILES string of the molecule is OC1CCCC(CNC/C=C/CCl)C1. The largest absolute Gasteiger partial charge is 0.393 e. The van der Waals surface area contributed by atoms with Gasteiger partial charge in [0.2, 0.25) is 0 Å². The summed E-state index contributed by atoms with van der Waals surface area (Å²) in [6, 6.07) is 0. The molecule has 2 nitrogen and oxygen atoms in total. The summed E-state index contributed by atoms with van der Waals surface area (Å²) in [5, 5.41) is 12.8. The van der Waals surface area contributed by atoms with Crippen LogP contribution >= 0.6 is 11.6 Å². The zero-order valence-corrected chi connectivity index (χ0v) is 9.34. The zero-order valence-electron chi connectivity index (χ0n) is 8.58. The maximum atomic E-state index is 9.46. The summed E-state index contributed by atoms with van der Waals surface area (Å²) < 4.78 is 0. The molecule has 0 saturated heterocycles. The van der Waals surface area contributed by atoms with Crippen LogP contribution in [-0.4, -0.2) is 30.2 Å². The van der Waals surface area contributed by atoms with Gasteiger partial charge in [0.25, 0.3) is 0 Å². The van der Waals surface area contributed by atoms with Gasteiger partial charge in [-0.1, -0.05) is 18.6 Å². The van der Waals surface area contributed by atoms with Crippen molar-refractivity contribution in [2.75, 3.05) is 19.0 Å². The molecule has 1 aliphatic carbocycles. The number of hydrogen-bond acceptors (Lipinski definition) is 2. The van der Waals surface area contributed by atoms with Crippen LogP contribution < -0.4 is 5.32 Å². The summed E-state index contributed by atoms with van der Waals surface area (Å²) in [4.78, 5) is 0. The molecule has 0 amide bonds. The molecule has 14 heavy (non-hydrogen) atoms. The summed E-state index contributed by atoms with van der Waals surface area (Å²) >= 11 is 5.50. The first-order valence-corrected chi connectivity index (χ1v) is 5.96. The van der Waals surface area contributed by atoms with E-state index in [4.69, 9.17) is 11.6 Å². The maximum absolute atomic E-state index is 9.46. The van der Waals surface area contributed by atoms with E-state index in [1.54, 1.807) is 0 Å². The van der Waals surface area contributed by atoms with Gasteiger partial charge in [-0.3, -0.25) is 0 Å². The van der Waals surface area contributed by atoms with Crippen LogP contribution in [-0.2, 0) is 0 Å². The van der Waals surface area contributed by atoms with Crippen molar-refractivity contribution in [2.45, 2.75) is 31.8 Å². The minimum atomic E-state index is -0.0612. The number of aliphatic hydroxyl groups excluding tert-OH is 1. The van der Waals surface area contributed by atoms with Crippen molar-refractivity contribution in [3.8, 4) is 0 Å². The van der Waals surface area contributed by atoms with Crippen molar-refractivity contribution < 1.29 is 5.11 Å². The third-order valence-corrected chi connectivity index (χ3v) is 2.88. The first-order chi connectivity index (χ1) is 6.83. The van der Waals surface area contributed by atoms with Gasteiger partial charge in [-0.15, -0.1) is 11.6 Å². The van der Waals surface area contributed by atoms with Gasteiger partial charge < -0.3 is 10.4 Å². The van der Waals surface area contributed by atoms with E-state index in [9.17, 15) is 5.11 Å². The number of alkyl halides is 1. The molecule has 1 aliphatic rings. The number of aliphatic hydroxyl groups is 1. The van der Waals surface area contributed by atoms with Crippen molar-refractivity contribution >= 4 is 11.6 Å². The van der Waals surface area contributed by atoms with Crippen LogP contribution in [0.1, 0.15) is 25.7 Å². The summed E-state index contributed by atoms with van der Waals surface area (Å²) in [6.07, 6.45) is 8.31. The van der Waals surface area contributed by atoms with Gasteiger partial charge in [0.1, 0.15) is 0 Å². The molecule has 0 aromatic heterocycles. The highest BCUT2D eigenvalue weighted by atomic mass is 35.5. The molecule has 1 fully saturated rings. The van der Waals surface area contributed by atoms with E-state index in [-0.39, 0.29) is 6.10 Å². The van der Waals surface area contributed by atoms with Crippen LogP contribution in [0, 0.1) is 5.92 Å². The molecule has 0 aliphatic heterocycles. The highest BCUT2D eigenvalue weighted by molar-refractivity contribution is 6.18. The molecule has 2 unspecified atom stereocenters. The lowest BCUT2D eigenvalue weighted by atomic mass is 9.87. The Morgan fingerprint density at radius 2 is 2.21 bits per heavy atom. The molecular weight excluding hydrogens is 198 g/mol. The minimum absolute atomic E-state index is 0.0612. The molecule has 2 N–H and O–H groups in total. The van der Waals surface area contributed by atoms with E-state index in [2.05, 4.69) is 5.32 Å². The lowest BCUT2D eigenvalue weighted by molar-refractivity contribution is 0.101. The summed E-state index contributed by atoms with van der Waals surface area (Å²) in [6.45, 7) is 1.91. The Kier molecular flexibility index (Phi) is 6.24. The second kappa shape index (κ2) is 7.27. The van der Waals surface area contributed by atoms with Gasteiger partial charge in [-0.25, -0.2) is 0 Å². The Balaban J connectivity index is 2.03. The molecule has 2 atom stereocenters. The smallest absolute Gasteiger partial charge is 0.0543 e. The van der Waals surface area contributed by atoms with E-state index in [0.717, 1.165) is 25.9 Å². The maximum Gasteiger partial charge on any atom is 0.0543 e. The average molecular weight is 218 g/mol. The van der Waals surface area contributed by atoms with Gasteiger partial charge in [0, 0.05) is 12.4 Å². The van der Waals surface area contributed by atoms with Gasteiger partial charge in [0.05, 0.1) is 6.10 Å². The fourth-order valence-electron chi connectivity index (χ4n) is 1.97. The number of nitrogens with one attached hydrogen (secondary N) is 1. The molecule has 1 saturated carbocycles. The van der Waals surface area contributed by atoms with Crippen molar-refractivity contribution in [1.29, 1.82) is 0 Å². The number of allylic oxidation sites excluding steroid dienone is 1. The number of halogens is 1. The van der Waals surface area contributed by atoms with Crippen LogP contribution in [0.25, 0.3) is 0 Å². The Labute approximate surface area is 91.3 Å². The summed E-state index contributed by atoms with van der Waals surface area (Å²) in [7, 11) is 0. The third-order valence-electron chi connectivity index (χ3n) is 2.71. The molecule has 0 heterocycles. The number of hydrogen-bond donors (Lipinski definition) is 2. The summed E-state index contributed by atoms with van der Waals surface area (Å²) in [5.41, 5.74) is 0. The van der Waals surface area contributed by atoms with Crippen LogP contribution in [0.5, 0.6) is 0 Å². The predicted molar refractivity (Wildman–Crippen MR) is 60.7 cm³/mol. The van der Waals surface area contributed by atoms with Crippen molar-refractivity contribution in [2.24, 2.45) is 5.92 Å². The van der Waals surface area contributed by atoms with Crippen LogP contribution in [0.2, 0.25) is 0 Å². The van der Waals surface area contributed by atoms with Crippen molar-refractivity contribution in [1.82, 2.24) is 5.32 Å². The normalized spacial score (nSPS) is 28.4. The van der Waals surface area contributed by atoms with Crippen LogP contribution in [0.15, 0.2) is 12.2 Å². The van der Waals surface area contributed by atoms with E-state index >= 15 is 0 Å². The molecule has 3 heteroatoms. The van der Waals surface area contributed by atoms with Crippen molar-refractivity contribution in [3.63, 3.8) is 0 Å². The summed E-state index contributed by atoms with van der Waals surface area (Å²) in [5.74, 6) is 1.24. The second-order valence-corrected chi connectivity index (χ2v) is 4.28. The highest BCUT2D eigenvalue weighted by Gasteiger charge is 2.19.